The number of carbonyl (C=O) groups excluding carboxylic acids is 1. The first-order chi connectivity index (χ1) is 9.86. The van der Waals surface area contributed by atoms with Crippen LogP contribution in [0.1, 0.15) is 29.8 Å². The molecule has 2 heterocycles. The molecule has 2 aromatic heterocycles. The average molecular weight is 291 g/mol. The van der Waals surface area contributed by atoms with Crippen molar-refractivity contribution in [3.05, 3.63) is 28.9 Å². The lowest BCUT2D eigenvalue weighted by molar-refractivity contribution is 0.247. The van der Waals surface area contributed by atoms with Crippen LogP contribution in [0.3, 0.4) is 0 Å². The summed E-state index contributed by atoms with van der Waals surface area (Å²) in [6, 6.07) is 1.68. The highest BCUT2D eigenvalue weighted by Crippen LogP contribution is 2.18. The fraction of sp³-hybridized carbons (Fsp3) is 0.500. The van der Waals surface area contributed by atoms with E-state index in [1.807, 2.05) is 31.5 Å². The van der Waals surface area contributed by atoms with Crippen LogP contribution in [0.25, 0.3) is 0 Å². The largest absolute Gasteiger partial charge is 0.359 e. The van der Waals surface area contributed by atoms with Gasteiger partial charge in [0.15, 0.2) is 5.76 Å². The summed E-state index contributed by atoms with van der Waals surface area (Å²) >= 11 is 0. The predicted molar refractivity (Wildman–Crippen MR) is 79.3 cm³/mol. The summed E-state index contributed by atoms with van der Waals surface area (Å²) in [6.45, 7) is 10.0. The fourth-order valence-corrected chi connectivity index (χ4v) is 2.20. The van der Waals surface area contributed by atoms with Crippen molar-refractivity contribution >= 4 is 11.7 Å². The van der Waals surface area contributed by atoms with E-state index >= 15 is 0 Å². The molecular weight excluding hydrogens is 270 g/mol. The number of hydrogen-bond acceptors (Lipinski definition) is 4. The number of urea groups is 1. The lowest BCUT2D eigenvalue weighted by Gasteiger charge is -2.15. The fourth-order valence-electron chi connectivity index (χ4n) is 2.20. The predicted octanol–water partition coefficient (Wildman–Crippen LogP) is 2.31. The van der Waals surface area contributed by atoms with Crippen molar-refractivity contribution in [1.29, 1.82) is 0 Å². The van der Waals surface area contributed by atoms with E-state index in [0.717, 1.165) is 11.4 Å². The highest BCUT2D eigenvalue weighted by molar-refractivity contribution is 5.90. The number of amides is 2. The Bertz CT molecular complexity index is 624. The molecule has 0 fully saturated rings. The van der Waals surface area contributed by atoms with E-state index in [1.54, 1.807) is 13.8 Å². The molecular formula is C14H21N5O2. The molecule has 0 aliphatic carbocycles. The van der Waals surface area contributed by atoms with Crippen LogP contribution in [0.15, 0.2) is 10.6 Å². The molecule has 2 N–H and O–H groups in total. The van der Waals surface area contributed by atoms with Crippen LogP contribution in [0.5, 0.6) is 0 Å². The molecule has 1 unspecified atom stereocenters. The normalized spacial score (nSPS) is 12.2. The van der Waals surface area contributed by atoms with E-state index in [0.29, 0.717) is 23.7 Å². The summed E-state index contributed by atoms with van der Waals surface area (Å²) in [4.78, 5) is 12.0. The van der Waals surface area contributed by atoms with Gasteiger partial charge in [-0.3, -0.25) is 4.68 Å². The van der Waals surface area contributed by atoms with E-state index < -0.39 is 0 Å². The van der Waals surface area contributed by atoms with E-state index in [1.165, 1.54) is 0 Å². The minimum Gasteiger partial charge on any atom is -0.359 e. The van der Waals surface area contributed by atoms with Crippen molar-refractivity contribution in [1.82, 2.24) is 20.3 Å². The first kappa shape index (κ1) is 15.1. The van der Waals surface area contributed by atoms with Gasteiger partial charge in [0, 0.05) is 11.7 Å². The van der Waals surface area contributed by atoms with Gasteiger partial charge in [-0.25, -0.2) is 4.79 Å². The molecule has 1 atom stereocenters. The molecule has 2 amide bonds. The van der Waals surface area contributed by atoms with Gasteiger partial charge in [0.25, 0.3) is 0 Å². The number of carbonyl (C=O) groups is 1. The first-order valence-corrected chi connectivity index (χ1v) is 6.88. The number of rotatable bonds is 4. The number of aryl methyl sites for hydroxylation is 4. The Balaban J connectivity index is 1.92. The molecule has 21 heavy (non-hydrogen) atoms. The Morgan fingerprint density at radius 1 is 1.38 bits per heavy atom. The van der Waals surface area contributed by atoms with Crippen molar-refractivity contribution in [2.24, 2.45) is 0 Å². The number of anilines is 1. The Morgan fingerprint density at radius 2 is 2.10 bits per heavy atom. The second-order valence-electron chi connectivity index (χ2n) is 5.31. The zero-order valence-electron chi connectivity index (χ0n) is 13.0. The molecule has 7 nitrogen and oxygen atoms in total. The van der Waals surface area contributed by atoms with Crippen LogP contribution in [-0.2, 0) is 6.54 Å². The van der Waals surface area contributed by atoms with Gasteiger partial charge >= 0.3 is 6.03 Å². The molecule has 0 aliphatic rings. The third-order valence-electron chi connectivity index (χ3n) is 3.20. The quantitative estimate of drug-likeness (QED) is 0.905. The maximum atomic E-state index is 12.0. The Labute approximate surface area is 123 Å². The average Bonchev–Trinajstić information content (AvgIpc) is 2.85. The van der Waals surface area contributed by atoms with Crippen LogP contribution in [0, 0.1) is 27.7 Å². The highest BCUT2D eigenvalue weighted by Gasteiger charge is 2.14. The minimum absolute atomic E-state index is 0.0523. The summed E-state index contributed by atoms with van der Waals surface area (Å²) in [5.41, 5.74) is 3.33. The van der Waals surface area contributed by atoms with Gasteiger partial charge in [0.05, 0.1) is 12.2 Å². The molecule has 0 aliphatic heterocycles. The van der Waals surface area contributed by atoms with Crippen LogP contribution in [0.4, 0.5) is 10.5 Å². The highest BCUT2D eigenvalue weighted by atomic mass is 16.5. The van der Waals surface area contributed by atoms with E-state index in [4.69, 9.17) is 4.52 Å². The van der Waals surface area contributed by atoms with Gasteiger partial charge in [-0.15, -0.1) is 0 Å². The Kier molecular flexibility index (Phi) is 4.30. The zero-order valence-corrected chi connectivity index (χ0v) is 13.0. The number of nitrogens with zero attached hydrogens (tertiary/aromatic N) is 3. The second kappa shape index (κ2) is 5.99. The summed E-state index contributed by atoms with van der Waals surface area (Å²) in [5.74, 6) is 0.592. The molecule has 114 valence electrons. The maximum absolute atomic E-state index is 12.0. The van der Waals surface area contributed by atoms with Crippen LogP contribution in [0.2, 0.25) is 0 Å². The van der Waals surface area contributed by atoms with Crippen molar-refractivity contribution in [3.63, 3.8) is 0 Å². The summed E-state index contributed by atoms with van der Waals surface area (Å²) in [5, 5.41) is 13.8. The third-order valence-corrected chi connectivity index (χ3v) is 3.20. The summed E-state index contributed by atoms with van der Waals surface area (Å²) < 4.78 is 6.89. The number of aromatic nitrogens is 3. The third kappa shape index (κ3) is 3.62. The van der Waals surface area contributed by atoms with Crippen LogP contribution < -0.4 is 10.6 Å². The molecule has 2 rings (SSSR count). The first-order valence-electron chi connectivity index (χ1n) is 6.88. The SMILES string of the molecule is Cc1cc(C)n(CC(C)NC(=O)Nc2c(C)noc2C)n1. The monoisotopic (exact) mass is 291 g/mol. The second-order valence-corrected chi connectivity index (χ2v) is 5.31. The van der Waals surface area contributed by atoms with E-state index in [2.05, 4.69) is 20.9 Å². The van der Waals surface area contributed by atoms with Crippen LogP contribution in [-0.4, -0.2) is 27.0 Å². The molecule has 0 aromatic carbocycles. The molecule has 0 radical (unpaired) electrons. The van der Waals surface area contributed by atoms with Gasteiger partial charge in [0.1, 0.15) is 11.4 Å². The van der Waals surface area contributed by atoms with E-state index in [9.17, 15) is 4.79 Å². The Hall–Kier alpha value is -2.31. The lowest BCUT2D eigenvalue weighted by Crippen LogP contribution is -2.39. The molecule has 0 spiro atoms. The van der Waals surface area contributed by atoms with Crippen LogP contribution >= 0.6 is 0 Å². The van der Waals surface area contributed by atoms with Gasteiger partial charge in [0.2, 0.25) is 0 Å². The summed E-state index contributed by atoms with van der Waals surface area (Å²) in [6.07, 6.45) is 0. The number of hydrogen-bond donors (Lipinski definition) is 2. The Morgan fingerprint density at radius 3 is 2.62 bits per heavy atom. The maximum Gasteiger partial charge on any atom is 0.319 e. The van der Waals surface area contributed by atoms with Gasteiger partial charge < -0.3 is 15.2 Å². The lowest BCUT2D eigenvalue weighted by atomic mass is 10.3. The van der Waals surface area contributed by atoms with Crippen molar-refractivity contribution < 1.29 is 9.32 Å². The standard InChI is InChI=1S/C14H21N5O2/c1-8-6-10(3)19(17-8)7-9(2)15-14(20)16-13-11(4)18-21-12(13)5/h6,9H,7H2,1-5H3,(H2,15,16,20). The van der Waals surface area contributed by atoms with E-state index in [-0.39, 0.29) is 12.1 Å². The molecule has 7 heteroatoms. The topological polar surface area (TPSA) is 85.0 Å². The van der Waals surface area contributed by atoms with Gasteiger partial charge in [-0.1, -0.05) is 5.16 Å². The smallest absolute Gasteiger partial charge is 0.319 e. The zero-order chi connectivity index (χ0) is 15.6. The molecule has 0 saturated heterocycles. The molecule has 0 bridgehead atoms. The van der Waals surface area contributed by atoms with Crippen molar-refractivity contribution in [3.8, 4) is 0 Å². The van der Waals surface area contributed by atoms with Gasteiger partial charge in [-0.2, -0.15) is 5.10 Å². The van der Waals surface area contributed by atoms with Crippen molar-refractivity contribution in [2.75, 3.05) is 5.32 Å². The molecule has 2 aromatic rings. The number of nitrogens with one attached hydrogen (secondary N) is 2. The van der Waals surface area contributed by atoms with Crippen molar-refractivity contribution in [2.45, 2.75) is 47.2 Å². The molecule has 0 saturated carbocycles. The van der Waals surface area contributed by atoms with Gasteiger partial charge in [-0.05, 0) is 40.7 Å². The summed E-state index contributed by atoms with van der Waals surface area (Å²) in [7, 11) is 0. The minimum atomic E-state index is -0.279.